The molecule has 0 fully saturated rings. The SMILES string of the molecule is COCCNSc1ccccc1. The standard InChI is InChI=1S/C9H13NOS/c1-11-8-7-10-12-9-5-3-2-4-6-9/h2-6,10H,7-8H2,1H3. The van der Waals surface area contributed by atoms with Crippen LogP contribution in [0.15, 0.2) is 35.2 Å². The normalized spacial score (nSPS) is 10.1. The molecule has 12 heavy (non-hydrogen) atoms. The van der Waals surface area contributed by atoms with Gasteiger partial charge < -0.3 is 4.74 Å². The van der Waals surface area contributed by atoms with Crippen LogP contribution in [0.2, 0.25) is 0 Å². The summed E-state index contributed by atoms with van der Waals surface area (Å²) < 4.78 is 8.10. The first kappa shape index (κ1) is 9.58. The van der Waals surface area contributed by atoms with E-state index in [0.29, 0.717) is 0 Å². The monoisotopic (exact) mass is 183 g/mol. The third kappa shape index (κ3) is 3.76. The van der Waals surface area contributed by atoms with Crippen LogP contribution in [0.4, 0.5) is 0 Å². The maximum Gasteiger partial charge on any atom is 0.0596 e. The van der Waals surface area contributed by atoms with E-state index in [4.69, 9.17) is 4.74 Å². The van der Waals surface area contributed by atoms with Crippen molar-refractivity contribution >= 4 is 11.9 Å². The molecule has 2 nitrogen and oxygen atoms in total. The number of hydrogen-bond acceptors (Lipinski definition) is 3. The van der Waals surface area contributed by atoms with E-state index in [1.807, 2.05) is 18.2 Å². The molecule has 0 aromatic heterocycles. The second-order valence-electron chi connectivity index (χ2n) is 2.30. The van der Waals surface area contributed by atoms with Crippen molar-refractivity contribution in [1.82, 2.24) is 4.72 Å². The van der Waals surface area contributed by atoms with Crippen molar-refractivity contribution in [2.24, 2.45) is 0 Å². The summed E-state index contributed by atoms with van der Waals surface area (Å²) in [6, 6.07) is 10.2. The molecule has 1 aromatic rings. The van der Waals surface area contributed by atoms with E-state index in [2.05, 4.69) is 16.9 Å². The zero-order chi connectivity index (χ0) is 8.65. The molecule has 0 heterocycles. The Morgan fingerprint density at radius 2 is 2.08 bits per heavy atom. The molecular formula is C9H13NOS. The highest BCUT2D eigenvalue weighted by Crippen LogP contribution is 2.11. The number of rotatable bonds is 5. The van der Waals surface area contributed by atoms with Gasteiger partial charge in [0.25, 0.3) is 0 Å². The smallest absolute Gasteiger partial charge is 0.0596 e. The van der Waals surface area contributed by atoms with Gasteiger partial charge in [0.2, 0.25) is 0 Å². The van der Waals surface area contributed by atoms with Crippen LogP contribution in [0.5, 0.6) is 0 Å². The molecule has 0 amide bonds. The molecule has 0 bridgehead atoms. The molecule has 0 aliphatic rings. The quantitative estimate of drug-likeness (QED) is 0.556. The van der Waals surface area contributed by atoms with Gasteiger partial charge in [0.05, 0.1) is 6.61 Å². The highest BCUT2D eigenvalue weighted by molar-refractivity contribution is 7.97. The van der Waals surface area contributed by atoms with Crippen LogP contribution in [0.25, 0.3) is 0 Å². The van der Waals surface area contributed by atoms with Crippen LogP contribution in [0.1, 0.15) is 0 Å². The van der Waals surface area contributed by atoms with Gasteiger partial charge in [-0.05, 0) is 24.1 Å². The van der Waals surface area contributed by atoms with E-state index in [1.165, 1.54) is 4.90 Å². The topological polar surface area (TPSA) is 21.3 Å². The lowest BCUT2D eigenvalue weighted by Gasteiger charge is -2.01. The molecule has 66 valence electrons. The van der Waals surface area contributed by atoms with E-state index >= 15 is 0 Å². The van der Waals surface area contributed by atoms with E-state index < -0.39 is 0 Å². The average molecular weight is 183 g/mol. The minimum Gasteiger partial charge on any atom is -0.383 e. The van der Waals surface area contributed by atoms with Gasteiger partial charge in [-0.3, -0.25) is 4.72 Å². The number of hydrogen-bond donors (Lipinski definition) is 1. The van der Waals surface area contributed by atoms with Crippen molar-refractivity contribution < 1.29 is 4.74 Å². The van der Waals surface area contributed by atoms with Gasteiger partial charge in [-0.25, -0.2) is 0 Å². The molecule has 0 unspecified atom stereocenters. The number of benzene rings is 1. The van der Waals surface area contributed by atoms with Crippen molar-refractivity contribution in [3.8, 4) is 0 Å². The Labute approximate surface area is 77.4 Å². The van der Waals surface area contributed by atoms with Gasteiger partial charge in [0.1, 0.15) is 0 Å². The molecule has 0 aliphatic carbocycles. The van der Waals surface area contributed by atoms with Crippen LogP contribution in [-0.4, -0.2) is 20.3 Å². The van der Waals surface area contributed by atoms with Crippen molar-refractivity contribution in [2.45, 2.75) is 4.90 Å². The molecule has 0 aliphatic heterocycles. The summed E-state index contributed by atoms with van der Waals surface area (Å²) in [6.07, 6.45) is 0. The van der Waals surface area contributed by atoms with Crippen LogP contribution >= 0.6 is 11.9 Å². The fourth-order valence-electron chi connectivity index (χ4n) is 0.767. The summed E-state index contributed by atoms with van der Waals surface area (Å²) in [7, 11) is 1.70. The first-order valence-corrected chi connectivity index (χ1v) is 4.69. The maximum atomic E-state index is 4.90. The van der Waals surface area contributed by atoms with Gasteiger partial charge in [-0.1, -0.05) is 18.2 Å². The number of methoxy groups -OCH3 is 1. The molecule has 0 radical (unpaired) electrons. The summed E-state index contributed by atoms with van der Waals surface area (Å²) in [5, 5.41) is 0. The summed E-state index contributed by atoms with van der Waals surface area (Å²) in [6.45, 7) is 1.62. The molecule has 3 heteroatoms. The Morgan fingerprint density at radius 1 is 1.33 bits per heavy atom. The van der Waals surface area contributed by atoms with Gasteiger partial charge in [-0.15, -0.1) is 0 Å². The molecule has 1 rings (SSSR count). The van der Waals surface area contributed by atoms with Crippen molar-refractivity contribution in [1.29, 1.82) is 0 Å². The predicted molar refractivity (Wildman–Crippen MR) is 52.2 cm³/mol. The minimum atomic E-state index is 0.750. The Bertz CT molecular complexity index is 203. The first-order valence-electron chi connectivity index (χ1n) is 3.87. The Morgan fingerprint density at radius 3 is 2.75 bits per heavy atom. The van der Waals surface area contributed by atoms with E-state index in [-0.39, 0.29) is 0 Å². The van der Waals surface area contributed by atoms with Crippen LogP contribution in [0, 0.1) is 0 Å². The second kappa shape index (κ2) is 6.06. The lowest BCUT2D eigenvalue weighted by molar-refractivity contribution is 0.205. The Hall–Kier alpha value is -0.510. The summed E-state index contributed by atoms with van der Waals surface area (Å²) >= 11 is 1.63. The third-order valence-corrected chi connectivity index (χ3v) is 2.20. The highest BCUT2D eigenvalue weighted by atomic mass is 32.2. The Kier molecular flexibility index (Phi) is 4.83. The van der Waals surface area contributed by atoms with Crippen molar-refractivity contribution in [2.75, 3.05) is 20.3 Å². The van der Waals surface area contributed by atoms with Crippen molar-refractivity contribution in [3.05, 3.63) is 30.3 Å². The van der Waals surface area contributed by atoms with E-state index in [9.17, 15) is 0 Å². The van der Waals surface area contributed by atoms with E-state index in [0.717, 1.165) is 13.2 Å². The third-order valence-electron chi connectivity index (χ3n) is 1.34. The largest absolute Gasteiger partial charge is 0.383 e. The van der Waals surface area contributed by atoms with Gasteiger partial charge in [0, 0.05) is 18.6 Å². The zero-order valence-electron chi connectivity index (χ0n) is 7.12. The predicted octanol–water partition coefficient (Wildman–Crippen LogP) is 1.93. The van der Waals surface area contributed by atoms with Gasteiger partial charge in [-0.2, -0.15) is 0 Å². The highest BCUT2D eigenvalue weighted by Gasteiger charge is 1.89. The summed E-state index contributed by atoms with van der Waals surface area (Å²) in [5.41, 5.74) is 0. The van der Waals surface area contributed by atoms with Crippen LogP contribution < -0.4 is 4.72 Å². The molecule has 0 saturated carbocycles. The lowest BCUT2D eigenvalue weighted by Crippen LogP contribution is -2.10. The number of nitrogens with one attached hydrogen (secondary N) is 1. The van der Waals surface area contributed by atoms with Crippen molar-refractivity contribution in [3.63, 3.8) is 0 Å². The average Bonchev–Trinajstić information content (AvgIpc) is 2.14. The molecule has 1 N–H and O–H groups in total. The zero-order valence-corrected chi connectivity index (χ0v) is 7.93. The number of ether oxygens (including phenoxy) is 1. The maximum absolute atomic E-state index is 4.90. The molecule has 0 saturated heterocycles. The molecule has 0 spiro atoms. The Balaban J connectivity index is 2.16. The molecular weight excluding hydrogens is 170 g/mol. The minimum absolute atomic E-state index is 0.750. The summed E-state index contributed by atoms with van der Waals surface area (Å²) in [5.74, 6) is 0. The van der Waals surface area contributed by atoms with Gasteiger partial charge in [0.15, 0.2) is 0 Å². The molecule has 0 atom stereocenters. The van der Waals surface area contributed by atoms with Gasteiger partial charge >= 0.3 is 0 Å². The molecule has 1 aromatic carbocycles. The van der Waals surface area contributed by atoms with Crippen LogP contribution in [-0.2, 0) is 4.74 Å². The van der Waals surface area contributed by atoms with Crippen LogP contribution in [0.3, 0.4) is 0 Å². The fraction of sp³-hybridized carbons (Fsp3) is 0.333. The fourth-order valence-corrected chi connectivity index (χ4v) is 1.41. The summed E-state index contributed by atoms with van der Waals surface area (Å²) in [4.78, 5) is 1.23. The second-order valence-corrected chi connectivity index (χ2v) is 3.27. The van der Waals surface area contributed by atoms with E-state index in [1.54, 1.807) is 19.1 Å². The first-order chi connectivity index (χ1) is 5.93. The lowest BCUT2D eigenvalue weighted by atomic mass is 10.4.